The molecule has 0 radical (unpaired) electrons. The maximum Gasteiger partial charge on any atom is 0.342 e. The maximum absolute atomic E-state index is 11.5. The zero-order valence-electron chi connectivity index (χ0n) is 12.7. The van der Waals surface area contributed by atoms with Crippen LogP contribution in [0.5, 0.6) is 5.75 Å². The van der Waals surface area contributed by atoms with Crippen molar-refractivity contribution < 1.29 is 14.6 Å². The van der Waals surface area contributed by atoms with Crippen LogP contribution in [0.3, 0.4) is 0 Å². The van der Waals surface area contributed by atoms with Crippen LogP contribution in [0.2, 0.25) is 0 Å². The number of aromatic nitrogens is 2. The fourth-order valence-electron chi connectivity index (χ4n) is 1.86. The van der Waals surface area contributed by atoms with Crippen molar-refractivity contribution >= 4 is 5.97 Å². The second-order valence-corrected chi connectivity index (χ2v) is 5.94. The van der Waals surface area contributed by atoms with Crippen molar-refractivity contribution in [2.24, 2.45) is 0 Å². The molecular formula is C16H18N2O4. The second-order valence-electron chi connectivity index (χ2n) is 5.94. The van der Waals surface area contributed by atoms with Gasteiger partial charge in [0.1, 0.15) is 23.7 Å². The van der Waals surface area contributed by atoms with Crippen molar-refractivity contribution in [1.82, 2.24) is 9.97 Å². The van der Waals surface area contributed by atoms with Crippen LogP contribution in [0.4, 0.5) is 0 Å². The summed E-state index contributed by atoms with van der Waals surface area (Å²) in [6, 6.07) is 7.67. The van der Waals surface area contributed by atoms with E-state index >= 15 is 0 Å². The number of carboxylic acids is 1. The van der Waals surface area contributed by atoms with E-state index in [0.717, 1.165) is 6.20 Å². The van der Waals surface area contributed by atoms with Gasteiger partial charge in [0.25, 0.3) is 5.56 Å². The quantitative estimate of drug-likeness (QED) is 0.904. The minimum atomic E-state index is -1.31. The van der Waals surface area contributed by atoms with Gasteiger partial charge in [-0.05, 0) is 23.1 Å². The Labute approximate surface area is 127 Å². The normalized spacial score (nSPS) is 11.2. The number of nitrogens with one attached hydrogen (secondary N) is 1. The van der Waals surface area contributed by atoms with E-state index in [1.54, 1.807) is 0 Å². The van der Waals surface area contributed by atoms with E-state index < -0.39 is 17.1 Å². The Morgan fingerprint density at radius 1 is 1.27 bits per heavy atom. The second kappa shape index (κ2) is 6.01. The monoisotopic (exact) mass is 302 g/mol. The Bertz CT molecular complexity index is 727. The van der Waals surface area contributed by atoms with Crippen LogP contribution in [0, 0.1) is 0 Å². The van der Waals surface area contributed by atoms with E-state index in [1.165, 1.54) is 5.56 Å². The van der Waals surface area contributed by atoms with Crippen molar-refractivity contribution in [3.05, 3.63) is 57.8 Å². The van der Waals surface area contributed by atoms with Crippen molar-refractivity contribution in [1.29, 1.82) is 0 Å². The number of H-pyrrole nitrogens is 1. The summed E-state index contributed by atoms with van der Waals surface area (Å²) < 4.78 is 5.53. The summed E-state index contributed by atoms with van der Waals surface area (Å²) in [6.45, 7) is 6.44. The molecule has 1 heterocycles. The molecule has 0 saturated heterocycles. The van der Waals surface area contributed by atoms with Gasteiger partial charge in [-0.2, -0.15) is 0 Å². The van der Waals surface area contributed by atoms with Crippen molar-refractivity contribution in [3.63, 3.8) is 0 Å². The summed E-state index contributed by atoms with van der Waals surface area (Å²) in [4.78, 5) is 28.5. The zero-order chi connectivity index (χ0) is 16.3. The summed E-state index contributed by atoms with van der Waals surface area (Å²) in [6.07, 6.45) is 1.03. The maximum atomic E-state index is 11.5. The molecule has 0 aliphatic rings. The van der Waals surface area contributed by atoms with E-state index in [-0.39, 0.29) is 17.8 Å². The molecule has 1 aromatic carbocycles. The Morgan fingerprint density at radius 3 is 2.41 bits per heavy atom. The summed E-state index contributed by atoms with van der Waals surface area (Å²) in [5.74, 6) is -0.383. The highest BCUT2D eigenvalue weighted by molar-refractivity contribution is 5.86. The van der Waals surface area contributed by atoms with E-state index in [2.05, 4.69) is 30.7 Å². The molecule has 2 aromatic rings. The van der Waals surface area contributed by atoms with Gasteiger partial charge in [0.05, 0.1) is 0 Å². The molecule has 2 N–H and O–H groups in total. The molecule has 22 heavy (non-hydrogen) atoms. The Hall–Kier alpha value is -2.63. The number of aromatic amines is 1. The third-order valence-electron chi connectivity index (χ3n) is 3.18. The predicted molar refractivity (Wildman–Crippen MR) is 81.3 cm³/mol. The number of carbonyl (C=O) groups is 1. The fraction of sp³-hybridized carbons (Fsp3) is 0.312. The number of benzene rings is 1. The van der Waals surface area contributed by atoms with Crippen LogP contribution in [-0.2, 0) is 12.0 Å². The molecular weight excluding hydrogens is 284 g/mol. The van der Waals surface area contributed by atoms with E-state index in [9.17, 15) is 9.59 Å². The number of nitrogens with zero attached hydrogens (tertiary/aromatic N) is 1. The molecule has 0 amide bonds. The Kier molecular flexibility index (Phi) is 4.30. The summed E-state index contributed by atoms with van der Waals surface area (Å²) in [5, 5.41) is 8.76. The minimum absolute atomic E-state index is 0.0595. The highest BCUT2D eigenvalue weighted by atomic mass is 16.5. The van der Waals surface area contributed by atoms with Crippen molar-refractivity contribution in [3.8, 4) is 5.75 Å². The lowest BCUT2D eigenvalue weighted by atomic mass is 9.87. The molecule has 0 aliphatic heterocycles. The molecule has 6 nitrogen and oxygen atoms in total. The molecule has 0 saturated carbocycles. The van der Waals surface area contributed by atoms with Crippen molar-refractivity contribution in [2.45, 2.75) is 32.8 Å². The SMILES string of the molecule is CC(C)(C)c1ccc(OCc2ncc(C(=O)O)c(=O)[nH]2)cc1. The number of aromatic carboxylic acids is 1. The van der Waals surface area contributed by atoms with E-state index in [1.807, 2.05) is 24.3 Å². The smallest absolute Gasteiger partial charge is 0.342 e. The van der Waals surface area contributed by atoms with Gasteiger partial charge in [-0.1, -0.05) is 32.9 Å². The number of carboxylic acid groups (broad SMARTS) is 1. The summed E-state index contributed by atoms with van der Waals surface area (Å²) >= 11 is 0. The molecule has 6 heteroatoms. The number of rotatable bonds is 4. The van der Waals surface area contributed by atoms with Crippen molar-refractivity contribution in [2.75, 3.05) is 0 Å². The highest BCUT2D eigenvalue weighted by Crippen LogP contribution is 2.24. The van der Waals surface area contributed by atoms with Gasteiger partial charge in [-0.15, -0.1) is 0 Å². The molecule has 2 rings (SSSR count). The number of ether oxygens (including phenoxy) is 1. The number of hydrogen-bond donors (Lipinski definition) is 2. The van der Waals surface area contributed by atoms with Gasteiger partial charge in [0, 0.05) is 6.20 Å². The van der Waals surface area contributed by atoms with Gasteiger partial charge in [0.2, 0.25) is 0 Å². The van der Waals surface area contributed by atoms with E-state index in [4.69, 9.17) is 9.84 Å². The van der Waals surface area contributed by atoms with Crippen LogP contribution in [-0.4, -0.2) is 21.0 Å². The number of hydrogen-bond acceptors (Lipinski definition) is 4. The predicted octanol–water partition coefficient (Wildman–Crippen LogP) is 2.34. The first-order valence-electron chi connectivity index (χ1n) is 6.82. The first kappa shape index (κ1) is 15.8. The molecule has 0 aliphatic carbocycles. The lowest BCUT2D eigenvalue weighted by Gasteiger charge is -2.19. The zero-order valence-corrected chi connectivity index (χ0v) is 12.7. The lowest BCUT2D eigenvalue weighted by molar-refractivity contribution is 0.0694. The van der Waals surface area contributed by atoms with Gasteiger partial charge in [-0.3, -0.25) is 4.79 Å². The largest absolute Gasteiger partial charge is 0.486 e. The highest BCUT2D eigenvalue weighted by Gasteiger charge is 2.13. The molecule has 0 spiro atoms. The first-order valence-corrected chi connectivity index (χ1v) is 6.82. The average molecular weight is 302 g/mol. The molecule has 116 valence electrons. The minimum Gasteiger partial charge on any atom is -0.486 e. The fourth-order valence-corrected chi connectivity index (χ4v) is 1.86. The van der Waals surface area contributed by atoms with Crippen LogP contribution >= 0.6 is 0 Å². The molecule has 1 aromatic heterocycles. The lowest BCUT2D eigenvalue weighted by Crippen LogP contribution is -2.20. The standard InChI is InChI=1S/C16H18N2O4/c1-16(2,3)10-4-6-11(7-5-10)22-9-13-17-8-12(15(20)21)14(19)18-13/h4-8H,9H2,1-3H3,(H,20,21)(H,17,18,19). The van der Waals surface area contributed by atoms with Crippen LogP contribution in [0.15, 0.2) is 35.3 Å². The van der Waals surface area contributed by atoms with Gasteiger partial charge in [-0.25, -0.2) is 9.78 Å². The molecule has 0 fully saturated rings. The topological polar surface area (TPSA) is 92.3 Å². The summed E-state index contributed by atoms with van der Waals surface area (Å²) in [5.41, 5.74) is 0.178. The Balaban J connectivity index is 2.06. The van der Waals surface area contributed by atoms with Gasteiger partial charge >= 0.3 is 5.97 Å². The average Bonchev–Trinajstić information content (AvgIpc) is 2.44. The molecule has 0 unspecified atom stereocenters. The van der Waals surface area contributed by atoms with Gasteiger partial charge in [0.15, 0.2) is 0 Å². The van der Waals surface area contributed by atoms with Crippen LogP contribution in [0.1, 0.15) is 42.5 Å². The van der Waals surface area contributed by atoms with Crippen LogP contribution in [0.25, 0.3) is 0 Å². The molecule has 0 atom stereocenters. The van der Waals surface area contributed by atoms with E-state index in [0.29, 0.717) is 5.75 Å². The first-order chi connectivity index (χ1) is 10.3. The Morgan fingerprint density at radius 2 is 1.91 bits per heavy atom. The van der Waals surface area contributed by atoms with Crippen LogP contribution < -0.4 is 10.3 Å². The summed E-state index contributed by atoms with van der Waals surface area (Å²) in [7, 11) is 0. The third-order valence-corrected chi connectivity index (χ3v) is 3.18. The molecule has 0 bridgehead atoms. The third kappa shape index (κ3) is 3.72. The van der Waals surface area contributed by atoms with Gasteiger partial charge < -0.3 is 14.8 Å².